The predicted octanol–water partition coefficient (Wildman–Crippen LogP) is 3.64. The molecule has 2 heterocycles. The molecule has 3 nitrogen and oxygen atoms in total. The van der Waals surface area contributed by atoms with E-state index in [0.717, 1.165) is 16.3 Å². The van der Waals surface area contributed by atoms with E-state index >= 15 is 0 Å². The third kappa shape index (κ3) is 1.56. The molecular formula is C14H9ClN2O. The average molecular weight is 257 g/mol. The van der Waals surface area contributed by atoms with Gasteiger partial charge in [-0.1, -0.05) is 29.8 Å². The Kier molecular flexibility index (Phi) is 2.49. The molecule has 88 valence electrons. The average Bonchev–Trinajstić information content (AvgIpc) is 2.38. The molecule has 0 radical (unpaired) electrons. The van der Waals surface area contributed by atoms with Crippen LogP contribution >= 0.6 is 11.6 Å². The fourth-order valence-corrected chi connectivity index (χ4v) is 2.36. The molecule has 0 aliphatic rings. The third-order valence-corrected chi connectivity index (χ3v) is 3.19. The second-order valence-corrected chi connectivity index (χ2v) is 4.42. The van der Waals surface area contributed by atoms with Gasteiger partial charge in [-0.15, -0.1) is 0 Å². The number of rotatable bonds is 1. The Bertz CT molecular complexity index is 783. The minimum absolute atomic E-state index is 0.111. The summed E-state index contributed by atoms with van der Waals surface area (Å²) in [6, 6.07) is 9.54. The summed E-state index contributed by atoms with van der Waals surface area (Å²) in [6.45, 7) is 1.49. The highest BCUT2D eigenvalue weighted by molar-refractivity contribution is 6.36. The van der Waals surface area contributed by atoms with Crippen LogP contribution in [0.25, 0.3) is 21.7 Å². The Hall–Kier alpha value is -2.00. The molecule has 0 unspecified atom stereocenters. The Labute approximate surface area is 108 Å². The number of hydrogen-bond acceptors (Lipinski definition) is 3. The van der Waals surface area contributed by atoms with Gasteiger partial charge in [0.25, 0.3) is 0 Å². The number of pyridine rings is 2. The SMILES string of the molecule is CC(=O)c1nc2ccccc2c2ccnc(Cl)c12. The lowest BCUT2D eigenvalue weighted by Gasteiger charge is -2.08. The first-order valence-corrected chi connectivity index (χ1v) is 5.90. The van der Waals surface area contributed by atoms with Gasteiger partial charge in [-0.2, -0.15) is 0 Å². The monoisotopic (exact) mass is 256 g/mol. The van der Waals surface area contributed by atoms with Gasteiger partial charge < -0.3 is 0 Å². The number of Topliss-reactive ketones (excluding diaryl/α,β-unsaturated/α-hetero) is 1. The lowest BCUT2D eigenvalue weighted by molar-refractivity contribution is 0.101. The molecule has 4 heteroatoms. The lowest BCUT2D eigenvalue weighted by atomic mass is 10.0. The number of carbonyl (C=O) groups is 1. The van der Waals surface area contributed by atoms with Gasteiger partial charge in [-0.25, -0.2) is 9.97 Å². The zero-order chi connectivity index (χ0) is 12.7. The number of benzene rings is 1. The summed E-state index contributed by atoms with van der Waals surface area (Å²) in [4.78, 5) is 20.1. The van der Waals surface area contributed by atoms with Crippen LogP contribution in [0.5, 0.6) is 0 Å². The fraction of sp³-hybridized carbons (Fsp3) is 0.0714. The summed E-state index contributed by atoms with van der Waals surface area (Å²) < 4.78 is 0. The standard InChI is InChI=1S/C14H9ClN2O/c1-8(18)13-12-10(6-7-16-14(12)15)9-4-2-3-5-11(9)17-13/h2-7H,1H3. The van der Waals surface area contributed by atoms with Crippen LogP contribution in [0.2, 0.25) is 5.15 Å². The van der Waals surface area contributed by atoms with Crippen molar-refractivity contribution < 1.29 is 4.79 Å². The molecule has 3 rings (SSSR count). The molecule has 3 aromatic rings. The first-order valence-electron chi connectivity index (χ1n) is 5.52. The second-order valence-electron chi connectivity index (χ2n) is 4.06. The van der Waals surface area contributed by atoms with E-state index < -0.39 is 0 Å². The van der Waals surface area contributed by atoms with Crippen molar-refractivity contribution in [3.8, 4) is 0 Å². The first kappa shape index (κ1) is 11.1. The van der Waals surface area contributed by atoms with Crippen LogP contribution in [0.15, 0.2) is 36.5 Å². The van der Waals surface area contributed by atoms with Crippen LogP contribution in [0.4, 0.5) is 0 Å². The number of para-hydroxylation sites is 1. The van der Waals surface area contributed by atoms with Crippen LogP contribution in [0.3, 0.4) is 0 Å². The van der Waals surface area contributed by atoms with Crippen molar-refractivity contribution in [2.75, 3.05) is 0 Å². The van der Waals surface area contributed by atoms with Crippen molar-refractivity contribution in [3.05, 3.63) is 47.4 Å². The number of ketones is 1. The van der Waals surface area contributed by atoms with Crippen molar-refractivity contribution >= 4 is 39.1 Å². The van der Waals surface area contributed by atoms with Crippen LogP contribution in [0, 0.1) is 0 Å². The van der Waals surface area contributed by atoms with Gasteiger partial charge in [-0.3, -0.25) is 4.79 Å². The molecule has 1 aromatic carbocycles. The number of hydrogen-bond donors (Lipinski definition) is 0. The van der Waals surface area contributed by atoms with Crippen molar-refractivity contribution in [1.82, 2.24) is 9.97 Å². The molecule has 0 atom stereocenters. The lowest BCUT2D eigenvalue weighted by Crippen LogP contribution is -2.00. The van der Waals surface area contributed by atoms with E-state index in [-0.39, 0.29) is 5.78 Å². The molecule has 0 amide bonds. The Balaban J connectivity index is 2.63. The highest BCUT2D eigenvalue weighted by Gasteiger charge is 2.14. The predicted molar refractivity (Wildman–Crippen MR) is 72.1 cm³/mol. The third-order valence-electron chi connectivity index (χ3n) is 2.90. The van der Waals surface area contributed by atoms with Crippen LogP contribution in [0.1, 0.15) is 17.4 Å². The molecule has 0 bridgehead atoms. The Morgan fingerprint density at radius 2 is 1.94 bits per heavy atom. The zero-order valence-electron chi connectivity index (χ0n) is 9.64. The number of nitrogens with zero attached hydrogens (tertiary/aromatic N) is 2. The molecule has 0 aliphatic heterocycles. The quantitative estimate of drug-likeness (QED) is 0.379. The zero-order valence-corrected chi connectivity index (χ0v) is 10.4. The minimum Gasteiger partial charge on any atom is -0.293 e. The normalized spacial score (nSPS) is 11.0. The van der Waals surface area contributed by atoms with E-state index in [1.807, 2.05) is 30.3 Å². The van der Waals surface area contributed by atoms with Gasteiger partial charge >= 0.3 is 0 Å². The van der Waals surface area contributed by atoms with Gasteiger partial charge in [-0.05, 0) is 17.5 Å². The molecule has 0 aliphatic carbocycles. The number of halogens is 1. The Morgan fingerprint density at radius 3 is 2.72 bits per heavy atom. The van der Waals surface area contributed by atoms with E-state index in [4.69, 9.17) is 11.6 Å². The van der Waals surface area contributed by atoms with Gasteiger partial charge in [0, 0.05) is 23.9 Å². The molecule has 18 heavy (non-hydrogen) atoms. The number of carbonyl (C=O) groups excluding carboxylic acids is 1. The number of aromatic nitrogens is 2. The summed E-state index contributed by atoms with van der Waals surface area (Å²) in [5, 5.41) is 2.83. The number of fused-ring (bicyclic) bond motifs is 3. The fourth-order valence-electron chi connectivity index (χ4n) is 2.12. The minimum atomic E-state index is -0.111. The molecule has 2 aromatic heterocycles. The summed E-state index contributed by atoms with van der Waals surface area (Å²) in [5.74, 6) is -0.111. The van der Waals surface area contributed by atoms with E-state index in [0.29, 0.717) is 16.2 Å². The molecule has 0 fully saturated rings. The maximum atomic E-state index is 11.7. The molecule has 0 spiro atoms. The van der Waals surface area contributed by atoms with Crippen molar-refractivity contribution in [3.63, 3.8) is 0 Å². The molecule has 0 saturated heterocycles. The summed E-state index contributed by atoms with van der Waals surface area (Å²) in [5.41, 5.74) is 1.17. The molecular weight excluding hydrogens is 248 g/mol. The van der Waals surface area contributed by atoms with Crippen molar-refractivity contribution in [2.24, 2.45) is 0 Å². The van der Waals surface area contributed by atoms with Crippen LogP contribution in [-0.2, 0) is 0 Å². The smallest absolute Gasteiger partial charge is 0.178 e. The van der Waals surface area contributed by atoms with Gasteiger partial charge in [0.2, 0.25) is 0 Å². The van der Waals surface area contributed by atoms with Gasteiger partial charge in [0.05, 0.1) is 5.52 Å². The van der Waals surface area contributed by atoms with E-state index in [1.54, 1.807) is 6.20 Å². The summed E-state index contributed by atoms with van der Waals surface area (Å²) >= 11 is 6.10. The largest absolute Gasteiger partial charge is 0.293 e. The van der Waals surface area contributed by atoms with E-state index in [1.165, 1.54) is 6.92 Å². The summed E-state index contributed by atoms with van der Waals surface area (Å²) in [6.07, 6.45) is 1.64. The maximum absolute atomic E-state index is 11.7. The van der Waals surface area contributed by atoms with Crippen LogP contribution < -0.4 is 0 Å². The van der Waals surface area contributed by atoms with Crippen LogP contribution in [-0.4, -0.2) is 15.8 Å². The Morgan fingerprint density at radius 1 is 1.17 bits per heavy atom. The van der Waals surface area contributed by atoms with E-state index in [2.05, 4.69) is 9.97 Å². The van der Waals surface area contributed by atoms with Gasteiger partial charge in [0.15, 0.2) is 5.78 Å². The first-order chi connectivity index (χ1) is 8.68. The van der Waals surface area contributed by atoms with Crippen molar-refractivity contribution in [2.45, 2.75) is 6.92 Å². The molecule has 0 saturated carbocycles. The molecule has 0 N–H and O–H groups in total. The maximum Gasteiger partial charge on any atom is 0.178 e. The second kappa shape index (κ2) is 4.03. The highest BCUT2D eigenvalue weighted by Crippen LogP contribution is 2.30. The van der Waals surface area contributed by atoms with Crippen molar-refractivity contribution in [1.29, 1.82) is 0 Å². The topological polar surface area (TPSA) is 42.9 Å². The highest BCUT2D eigenvalue weighted by atomic mass is 35.5. The van der Waals surface area contributed by atoms with Gasteiger partial charge in [0.1, 0.15) is 10.8 Å². The summed E-state index contributed by atoms with van der Waals surface area (Å²) in [7, 11) is 0. The van der Waals surface area contributed by atoms with E-state index in [9.17, 15) is 4.79 Å².